The number of allylic oxidation sites excluding steroid dienone is 2. The first-order chi connectivity index (χ1) is 14.1. The first-order valence-electron chi connectivity index (χ1n) is 12.4. The van der Waals surface area contributed by atoms with Crippen LogP contribution in [0.2, 0.25) is 18.1 Å². The van der Waals surface area contributed by atoms with Crippen LogP contribution in [-0.4, -0.2) is 27.0 Å². The van der Waals surface area contributed by atoms with Crippen LogP contribution in [0.15, 0.2) is 11.6 Å². The number of carbonyl (C=O) groups is 2. The van der Waals surface area contributed by atoms with Crippen LogP contribution in [0.3, 0.4) is 0 Å². The van der Waals surface area contributed by atoms with Gasteiger partial charge in [0.1, 0.15) is 12.6 Å². The Bertz CT molecular complexity index is 687. The highest BCUT2D eigenvalue weighted by Gasteiger charge is 2.56. The van der Waals surface area contributed by atoms with E-state index in [9.17, 15) is 9.59 Å². The molecule has 0 amide bonds. The van der Waals surface area contributed by atoms with Crippen molar-refractivity contribution in [2.45, 2.75) is 124 Å². The highest BCUT2D eigenvalue weighted by atomic mass is 28.4. The molecule has 1 unspecified atom stereocenters. The minimum Gasteiger partial charge on any atom is -0.413 e. The third-order valence-electron chi connectivity index (χ3n) is 9.42. The van der Waals surface area contributed by atoms with Crippen LogP contribution >= 0.6 is 0 Å². The molecule has 2 aliphatic carbocycles. The molecule has 0 aliphatic heterocycles. The van der Waals surface area contributed by atoms with Gasteiger partial charge in [0.25, 0.3) is 0 Å². The van der Waals surface area contributed by atoms with Crippen LogP contribution in [-0.2, 0) is 14.0 Å². The lowest BCUT2D eigenvalue weighted by atomic mass is 9.52. The van der Waals surface area contributed by atoms with E-state index >= 15 is 0 Å². The van der Waals surface area contributed by atoms with E-state index in [1.807, 2.05) is 6.08 Å². The number of hydrogen-bond donors (Lipinski definition) is 0. The van der Waals surface area contributed by atoms with Gasteiger partial charge in [-0.1, -0.05) is 54.0 Å². The number of aldehydes is 2. The summed E-state index contributed by atoms with van der Waals surface area (Å²) in [6, 6.07) is 0. The van der Waals surface area contributed by atoms with E-state index in [1.54, 1.807) is 0 Å². The molecule has 178 valence electrons. The summed E-state index contributed by atoms with van der Waals surface area (Å²) in [4.78, 5) is 22.5. The Kier molecular flexibility index (Phi) is 7.91. The molecule has 0 N–H and O–H groups in total. The molecule has 4 heteroatoms. The normalized spacial score (nSPS) is 35.3. The third-order valence-corrected chi connectivity index (χ3v) is 13.9. The fourth-order valence-electron chi connectivity index (χ4n) is 6.24. The van der Waals surface area contributed by atoms with Crippen molar-refractivity contribution in [1.29, 1.82) is 0 Å². The SMILES string of the molecule is CC1(C)C2CC[C@](C)(CCCC=O)C/C(=C/C=O)[C@@]2(C)CC[C@@H]1O[Si](C)(C)C(C)(C)C. The van der Waals surface area contributed by atoms with E-state index in [1.165, 1.54) is 5.57 Å². The predicted octanol–water partition coefficient (Wildman–Crippen LogP) is 7.50. The zero-order valence-corrected chi connectivity index (χ0v) is 22.8. The maximum Gasteiger partial charge on any atom is 0.192 e. The van der Waals surface area contributed by atoms with Crippen LogP contribution in [0.1, 0.15) is 99.8 Å². The van der Waals surface area contributed by atoms with Gasteiger partial charge in [-0.15, -0.1) is 0 Å². The van der Waals surface area contributed by atoms with Crippen LogP contribution in [0.5, 0.6) is 0 Å². The molecule has 31 heavy (non-hydrogen) atoms. The van der Waals surface area contributed by atoms with E-state index in [4.69, 9.17) is 4.43 Å². The van der Waals surface area contributed by atoms with Crippen LogP contribution in [0, 0.1) is 22.2 Å². The first-order valence-corrected chi connectivity index (χ1v) is 15.3. The first kappa shape index (κ1) is 26.5. The Balaban J connectivity index is 2.39. The maximum absolute atomic E-state index is 11.7. The summed E-state index contributed by atoms with van der Waals surface area (Å²) in [6.07, 6.45) is 12.2. The number of carbonyl (C=O) groups excluding carboxylic acids is 2. The van der Waals surface area contributed by atoms with Gasteiger partial charge < -0.3 is 9.22 Å². The van der Waals surface area contributed by atoms with Crippen molar-refractivity contribution in [3.05, 3.63) is 11.6 Å². The molecule has 0 aromatic heterocycles. The second kappa shape index (κ2) is 9.25. The predicted molar refractivity (Wildman–Crippen MR) is 133 cm³/mol. The second-order valence-corrected chi connectivity index (χ2v) is 17.9. The van der Waals surface area contributed by atoms with E-state index in [-0.39, 0.29) is 27.4 Å². The van der Waals surface area contributed by atoms with Gasteiger partial charge in [0.2, 0.25) is 0 Å². The van der Waals surface area contributed by atoms with Crippen molar-refractivity contribution in [3.8, 4) is 0 Å². The largest absolute Gasteiger partial charge is 0.413 e. The van der Waals surface area contributed by atoms with E-state index in [0.29, 0.717) is 12.3 Å². The number of hydrogen-bond acceptors (Lipinski definition) is 3. The molecule has 0 heterocycles. The van der Waals surface area contributed by atoms with Gasteiger partial charge in [-0.2, -0.15) is 0 Å². The molecule has 0 spiro atoms. The average molecular weight is 449 g/mol. The van der Waals surface area contributed by atoms with Crippen molar-refractivity contribution in [3.63, 3.8) is 0 Å². The lowest BCUT2D eigenvalue weighted by Crippen LogP contribution is -2.55. The fraction of sp³-hybridized carbons (Fsp3) is 0.852. The van der Waals surface area contributed by atoms with Gasteiger partial charge in [-0.25, -0.2) is 0 Å². The van der Waals surface area contributed by atoms with Crippen LogP contribution in [0.25, 0.3) is 0 Å². The summed E-state index contributed by atoms with van der Waals surface area (Å²) < 4.78 is 7.03. The summed E-state index contributed by atoms with van der Waals surface area (Å²) in [7, 11) is -1.86. The van der Waals surface area contributed by atoms with E-state index in [0.717, 1.165) is 57.5 Å². The Hall–Kier alpha value is -0.743. The molecular formula is C27H48O3Si. The standard InChI is InChI=1S/C27H48O3Si/c1-24(2,3)31(8,9)30-23-13-17-27(7)21(14-19-29)20-26(6,15-10-11-18-28)16-12-22(27)25(23,4)5/h14,18-19,22-23H,10-13,15-17,20H2,1-9H3/b21-14-/t22?,23-,26-,27+/m0/s1. The molecule has 4 atom stereocenters. The number of rotatable bonds is 7. The van der Waals surface area contributed by atoms with Crippen molar-refractivity contribution in [2.24, 2.45) is 22.2 Å². The molecule has 2 aliphatic rings. The van der Waals surface area contributed by atoms with Gasteiger partial charge in [0, 0.05) is 6.42 Å². The van der Waals surface area contributed by atoms with Gasteiger partial charge in [-0.3, -0.25) is 4.79 Å². The topological polar surface area (TPSA) is 43.4 Å². The Morgan fingerprint density at radius 1 is 1.06 bits per heavy atom. The van der Waals surface area contributed by atoms with Gasteiger partial charge >= 0.3 is 0 Å². The third kappa shape index (κ3) is 5.43. The maximum atomic E-state index is 11.7. The lowest BCUT2D eigenvalue weighted by Gasteiger charge is -2.57. The van der Waals surface area contributed by atoms with Crippen LogP contribution < -0.4 is 0 Å². The molecule has 0 saturated heterocycles. The Morgan fingerprint density at radius 3 is 2.26 bits per heavy atom. The Morgan fingerprint density at radius 2 is 1.71 bits per heavy atom. The van der Waals surface area contributed by atoms with Crippen molar-refractivity contribution in [2.75, 3.05) is 0 Å². The number of fused-ring (bicyclic) bond motifs is 1. The summed E-state index contributed by atoms with van der Waals surface area (Å²) in [5, 5.41) is 0.201. The minimum atomic E-state index is -1.86. The van der Waals surface area contributed by atoms with E-state index < -0.39 is 8.32 Å². The summed E-state index contributed by atoms with van der Waals surface area (Å²) in [5.74, 6) is 0.489. The van der Waals surface area contributed by atoms with E-state index in [2.05, 4.69) is 61.6 Å². The zero-order chi connectivity index (χ0) is 23.7. The van der Waals surface area contributed by atoms with Crippen LogP contribution in [0.4, 0.5) is 0 Å². The molecule has 2 rings (SSSR count). The minimum absolute atomic E-state index is 0.0418. The Labute approximate surface area is 192 Å². The highest BCUT2D eigenvalue weighted by molar-refractivity contribution is 6.74. The monoisotopic (exact) mass is 448 g/mol. The molecule has 2 saturated carbocycles. The molecular weight excluding hydrogens is 400 g/mol. The van der Waals surface area contributed by atoms with Crippen molar-refractivity contribution < 1.29 is 14.0 Å². The second-order valence-electron chi connectivity index (χ2n) is 13.1. The summed E-state index contributed by atoms with van der Waals surface area (Å²) >= 11 is 0. The smallest absolute Gasteiger partial charge is 0.192 e. The van der Waals surface area contributed by atoms with Gasteiger partial charge in [0.05, 0.1) is 6.10 Å². The molecule has 0 aromatic rings. The average Bonchev–Trinajstić information content (AvgIpc) is 2.73. The van der Waals surface area contributed by atoms with Crippen molar-refractivity contribution in [1.82, 2.24) is 0 Å². The summed E-state index contributed by atoms with van der Waals surface area (Å²) in [6.45, 7) is 21.3. The molecule has 0 radical (unpaired) electrons. The molecule has 0 aromatic carbocycles. The van der Waals surface area contributed by atoms with Gasteiger partial charge in [-0.05, 0) is 91.3 Å². The zero-order valence-electron chi connectivity index (χ0n) is 21.8. The lowest BCUT2D eigenvalue weighted by molar-refractivity contribution is -0.108. The molecule has 2 fully saturated rings. The quantitative estimate of drug-likeness (QED) is 0.175. The highest BCUT2D eigenvalue weighted by Crippen LogP contribution is 2.62. The fourth-order valence-corrected chi connectivity index (χ4v) is 7.73. The number of unbranched alkanes of at least 4 members (excludes halogenated alkanes) is 1. The summed E-state index contributed by atoms with van der Waals surface area (Å²) in [5.41, 5.74) is 1.58. The molecule has 3 nitrogen and oxygen atoms in total. The molecule has 0 bridgehead atoms. The van der Waals surface area contributed by atoms with Gasteiger partial charge in [0.15, 0.2) is 8.32 Å². The van der Waals surface area contributed by atoms with Crippen molar-refractivity contribution >= 4 is 20.9 Å².